The minimum Gasteiger partial charge on any atom is -0.494 e. The molecule has 2 rings (SSSR count). The molecule has 0 fully saturated rings. The number of nitrogen functional groups attached to an aromatic ring is 1. The highest BCUT2D eigenvalue weighted by molar-refractivity contribution is 6.04. The second-order valence-corrected chi connectivity index (χ2v) is 4.90. The Bertz CT molecular complexity index is 638. The Morgan fingerprint density at radius 1 is 1.24 bits per heavy atom. The molecule has 4 nitrogen and oxygen atoms in total. The van der Waals surface area contributed by atoms with Crippen molar-refractivity contribution >= 4 is 17.3 Å². The molecule has 0 saturated heterocycles. The average Bonchev–Trinajstić information content (AvgIpc) is 2.48. The maximum atomic E-state index is 12.3. The Balaban J connectivity index is 2.12. The van der Waals surface area contributed by atoms with Crippen LogP contribution in [0.3, 0.4) is 0 Å². The van der Waals surface area contributed by atoms with Gasteiger partial charge in [-0.25, -0.2) is 0 Å². The lowest BCUT2D eigenvalue weighted by Gasteiger charge is -2.10. The summed E-state index contributed by atoms with van der Waals surface area (Å²) in [5, 5.41) is 2.89. The number of amides is 1. The van der Waals surface area contributed by atoms with Gasteiger partial charge in [0.2, 0.25) is 0 Å². The summed E-state index contributed by atoms with van der Waals surface area (Å²) in [5.74, 6) is 0.545. The van der Waals surface area contributed by atoms with Crippen LogP contribution in [0.1, 0.15) is 29.3 Å². The van der Waals surface area contributed by atoms with Crippen LogP contribution in [0, 0.1) is 6.92 Å². The number of rotatable bonds is 5. The SMILES string of the molecule is CCCOc1cccc(C(=O)Nc2ccc(N)cc2C)c1. The van der Waals surface area contributed by atoms with E-state index in [-0.39, 0.29) is 5.91 Å². The lowest BCUT2D eigenvalue weighted by molar-refractivity contribution is 0.102. The molecule has 110 valence electrons. The second-order valence-electron chi connectivity index (χ2n) is 4.90. The van der Waals surface area contributed by atoms with E-state index in [0.29, 0.717) is 23.6 Å². The number of hydrogen-bond donors (Lipinski definition) is 2. The van der Waals surface area contributed by atoms with Gasteiger partial charge in [-0.15, -0.1) is 0 Å². The molecule has 2 aromatic carbocycles. The summed E-state index contributed by atoms with van der Waals surface area (Å²) in [6, 6.07) is 12.6. The van der Waals surface area contributed by atoms with Gasteiger partial charge in [0, 0.05) is 16.9 Å². The molecule has 4 heteroatoms. The summed E-state index contributed by atoms with van der Waals surface area (Å²) < 4.78 is 5.54. The highest BCUT2D eigenvalue weighted by atomic mass is 16.5. The number of carbonyl (C=O) groups is 1. The molecule has 1 amide bonds. The van der Waals surface area contributed by atoms with Crippen molar-refractivity contribution in [2.24, 2.45) is 0 Å². The van der Waals surface area contributed by atoms with Crippen LogP contribution >= 0.6 is 0 Å². The van der Waals surface area contributed by atoms with E-state index in [2.05, 4.69) is 5.32 Å². The van der Waals surface area contributed by atoms with Crippen LogP contribution in [0.5, 0.6) is 5.75 Å². The molecule has 0 spiro atoms. The van der Waals surface area contributed by atoms with Crippen molar-refractivity contribution in [2.45, 2.75) is 20.3 Å². The molecule has 0 radical (unpaired) electrons. The fraction of sp³-hybridized carbons (Fsp3) is 0.235. The molecule has 0 aliphatic heterocycles. The van der Waals surface area contributed by atoms with Gasteiger partial charge in [-0.2, -0.15) is 0 Å². The quantitative estimate of drug-likeness (QED) is 0.824. The zero-order valence-electron chi connectivity index (χ0n) is 12.3. The van der Waals surface area contributed by atoms with Crippen LogP contribution in [-0.2, 0) is 0 Å². The number of ether oxygens (including phenoxy) is 1. The van der Waals surface area contributed by atoms with Gasteiger partial charge >= 0.3 is 0 Å². The minimum atomic E-state index is -0.162. The fourth-order valence-corrected chi connectivity index (χ4v) is 1.97. The van der Waals surface area contributed by atoms with Gasteiger partial charge in [-0.05, 0) is 55.3 Å². The third kappa shape index (κ3) is 3.99. The van der Waals surface area contributed by atoms with Crippen molar-refractivity contribution in [3.63, 3.8) is 0 Å². The number of benzene rings is 2. The number of carbonyl (C=O) groups excluding carboxylic acids is 1. The summed E-state index contributed by atoms with van der Waals surface area (Å²) >= 11 is 0. The van der Waals surface area contributed by atoms with Gasteiger partial charge in [0.25, 0.3) is 5.91 Å². The number of nitrogens with one attached hydrogen (secondary N) is 1. The van der Waals surface area contributed by atoms with Gasteiger partial charge in [0.05, 0.1) is 6.61 Å². The summed E-state index contributed by atoms with van der Waals surface area (Å²) in [6.45, 7) is 4.59. The Hall–Kier alpha value is -2.49. The van der Waals surface area contributed by atoms with Gasteiger partial charge in [-0.3, -0.25) is 4.79 Å². The minimum absolute atomic E-state index is 0.162. The van der Waals surface area contributed by atoms with Gasteiger partial charge in [-0.1, -0.05) is 13.0 Å². The molecule has 0 bridgehead atoms. The molecule has 0 heterocycles. The van der Waals surface area contributed by atoms with E-state index in [0.717, 1.165) is 17.7 Å². The Morgan fingerprint density at radius 2 is 2.05 bits per heavy atom. The molecule has 0 saturated carbocycles. The van der Waals surface area contributed by atoms with Crippen LogP contribution in [0.2, 0.25) is 0 Å². The first-order valence-electron chi connectivity index (χ1n) is 7.00. The Labute approximate surface area is 124 Å². The molecular formula is C17H20N2O2. The first-order valence-corrected chi connectivity index (χ1v) is 7.00. The normalized spacial score (nSPS) is 10.2. The second kappa shape index (κ2) is 6.79. The average molecular weight is 284 g/mol. The van der Waals surface area contributed by atoms with E-state index in [1.165, 1.54) is 0 Å². The van der Waals surface area contributed by atoms with E-state index in [4.69, 9.17) is 10.5 Å². The van der Waals surface area contributed by atoms with Gasteiger partial charge in [0.1, 0.15) is 5.75 Å². The van der Waals surface area contributed by atoms with Crippen molar-refractivity contribution in [1.29, 1.82) is 0 Å². The molecule has 21 heavy (non-hydrogen) atoms. The lowest BCUT2D eigenvalue weighted by atomic mass is 10.1. The largest absolute Gasteiger partial charge is 0.494 e. The van der Waals surface area contributed by atoms with Gasteiger partial charge in [0.15, 0.2) is 0 Å². The van der Waals surface area contributed by atoms with Crippen LogP contribution in [0.25, 0.3) is 0 Å². The highest BCUT2D eigenvalue weighted by Gasteiger charge is 2.09. The number of nitrogens with two attached hydrogens (primary N) is 1. The number of hydrogen-bond acceptors (Lipinski definition) is 3. The van der Waals surface area contributed by atoms with E-state index in [1.54, 1.807) is 24.3 Å². The molecule has 3 N–H and O–H groups in total. The van der Waals surface area contributed by atoms with E-state index in [1.807, 2.05) is 32.0 Å². The summed E-state index contributed by atoms with van der Waals surface area (Å²) in [4.78, 5) is 12.3. The first-order chi connectivity index (χ1) is 10.1. The standard InChI is InChI=1S/C17H20N2O2/c1-3-9-21-15-6-4-5-13(11-15)17(20)19-16-8-7-14(18)10-12(16)2/h4-8,10-11H,3,9,18H2,1-2H3,(H,19,20). The predicted octanol–water partition coefficient (Wildman–Crippen LogP) is 3.62. The van der Waals surface area contributed by atoms with Crippen molar-refractivity contribution in [3.05, 3.63) is 53.6 Å². The molecule has 0 unspecified atom stereocenters. The maximum Gasteiger partial charge on any atom is 0.255 e. The monoisotopic (exact) mass is 284 g/mol. The Morgan fingerprint density at radius 3 is 2.76 bits per heavy atom. The third-order valence-electron chi connectivity index (χ3n) is 3.07. The first kappa shape index (κ1) is 14.9. The van der Waals surface area contributed by atoms with Crippen LogP contribution in [0.15, 0.2) is 42.5 Å². The number of aryl methyl sites for hydroxylation is 1. The lowest BCUT2D eigenvalue weighted by Crippen LogP contribution is -2.13. The number of anilines is 2. The smallest absolute Gasteiger partial charge is 0.255 e. The third-order valence-corrected chi connectivity index (χ3v) is 3.07. The molecule has 2 aromatic rings. The molecule has 0 aliphatic carbocycles. The van der Waals surface area contributed by atoms with Crippen LogP contribution in [0.4, 0.5) is 11.4 Å². The molecule has 0 aromatic heterocycles. The highest BCUT2D eigenvalue weighted by Crippen LogP contribution is 2.20. The zero-order chi connectivity index (χ0) is 15.2. The Kier molecular flexibility index (Phi) is 4.82. The van der Waals surface area contributed by atoms with E-state index < -0.39 is 0 Å². The predicted molar refractivity (Wildman–Crippen MR) is 85.8 cm³/mol. The van der Waals surface area contributed by atoms with Gasteiger partial charge < -0.3 is 15.8 Å². The van der Waals surface area contributed by atoms with Crippen molar-refractivity contribution in [1.82, 2.24) is 0 Å². The van der Waals surface area contributed by atoms with E-state index >= 15 is 0 Å². The fourth-order valence-electron chi connectivity index (χ4n) is 1.97. The topological polar surface area (TPSA) is 64.3 Å². The summed E-state index contributed by atoms with van der Waals surface area (Å²) in [5.41, 5.74) is 8.65. The van der Waals surface area contributed by atoms with E-state index in [9.17, 15) is 4.79 Å². The maximum absolute atomic E-state index is 12.3. The molecule has 0 atom stereocenters. The van der Waals surface area contributed by atoms with Crippen LogP contribution in [-0.4, -0.2) is 12.5 Å². The molecular weight excluding hydrogens is 264 g/mol. The van der Waals surface area contributed by atoms with Crippen molar-refractivity contribution in [2.75, 3.05) is 17.7 Å². The summed E-state index contributed by atoms with van der Waals surface area (Å²) in [7, 11) is 0. The summed E-state index contributed by atoms with van der Waals surface area (Å²) in [6.07, 6.45) is 0.932. The van der Waals surface area contributed by atoms with Crippen molar-refractivity contribution < 1.29 is 9.53 Å². The van der Waals surface area contributed by atoms with Crippen LogP contribution < -0.4 is 15.8 Å². The zero-order valence-corrected chi connectivity index (χ0v) is 12.3. The van der Waals surface area contributed by atoms with Crippen molar-refractivity contribution in [3.8, 4) is 5.75 Å². The molecule has 0 aliphatic rings.